The lowest BCUT2D eigenvalue weighted by Gasteiger charge is -2.04. The number of nitrogens with one attached hydrogen (secondary N) is 1. The lowest BCUT2D eigenvalue weighted by Crippen LogP contribution is -2.11. The molecule has 2 heterocycles. The lowest BCUT2D eigenvalue weighted by molar-refractivity contribution is 0.103. The largest absolute Gasteiger partial charge is 0.321 e. The first-order valence-corrected chi connectivity index (χ1v) is 7.98. The summed E-state index contributed by atoms with van der Waals surface area (Å²) in [6.45, 7) is 4.14. The minimum absolute atomic E-state index is 0.0216. The van der Waals surface area contributed by atoms with Crippen molar-refractivity contribution in [3.63, 3.8) is 0 Å². The number of fused-ring (bicyclic) bond motifs is 1. The van der Waals surface area contributed by atoms with Crippen LogP contribution < -0.4 is 10.2 Å². The van der Waals surface area contributed by atoms with Crippen LogP contribution in [0.4, 0.5) is 5.69 Å². The number of hydrogen-bond donors (Lipinski definition) is 1. The summed E-state index contributed by atoms with van der Waals surface area (Å²) in [6, 6.07) is 9.09. The first-order valence-electron chi connectivity index (χ1n) is 6.28. The van der Waals surface area contributed by atoms with Gasteiger partial charge in [-0.15, -0.1) is 17.9 Å². The standard InChI is InChI=1S/C15H12N2O2S2/c1-2-7-17-11-6-5-10(9-13(11)21-15(17)19)16-14(18)12-4-3-8-20-12/h2-6,8-9H,1,7H2,(H,16,18). The van der Waals surface area contributed by atoms with Gasteiger partial charge in [0.25, 0.3) is 5.91 Å². The molecule has 0 aliphatic carbocycles. The maximum absolute atomic E-state index is 12.0. The van der Waals surface area contributed by atoms with Gasteiger partial charge in [-0.05, 0) is 29.6 Å². The fourth-order valence-electron chi connectivity index (χ4n) is 2.05. The number of carbonyl (C=O) groups excluding carboxylic acids is 1. The molecule has 0 aliphatic heterocycles. The normalized spacial score (nSPS) is 10.7. The average molecular weight is 316 g/mol. The molecule has 0 aliphatic rings. The molecule has 3 rings (SSSR count). The van der Waals surface area contributed by atoms with Gasteiger partial charge >= 0.3 is 4.87 Å². The zero-order chi connectivity index (χ0) is 14.8. The van der Waals surface area contributed by atoms with Crippen LogP contribution in [0.15, 0.2) is 53.2 Å². The van der Waals surface area contributed by atoms with Gasteiger partial charge in [0, 0.05) is 12.2 Å². The number of thiazole rings is 1. The second-order valence-electron chi connectivity index (χ2n) is 4.38. The highest BCUT2D eigenvalue weighted by atomic mass is 32.1. The summed E-state index contributed by atoms with van der Waals surface area (Å²) < 4.78 is 2.52. The van der Waals surface area contributed by atoms with Crippen LogP contribution >= 0.6 is 22.7 Å². The molecular formula is C15H12N2O2S2. The second-order valence-corrected chi connectivity index (χ2v) is 6.32. The molecule has 0 bridgehead atoms. The van der Waals surface area contributed by atoms with Crippen molar-refractivity contribution in [2.24, 2.45) is 0 Å². The Hall–Kier alpha value is -2.18. The number of nitrogens with zero attached hydrogens (tertiary/aromatic N) is 1. The first-order chi connectivity index (χ1) is 10.2. The van der Waals surface area contributed by atoms with Gasteiger partial charge < -0.3 is 5.32 Å². The zero-order valence-electron chi connectivity index (χ0n) is 11.0. The molecule has 3 aromatic rings. The highest BCUT2D eigenvalue weighted by Gasteiger charge is 2.10. The van der Waals surface area contributed by atoms with Crippen molar-refractivity contribution in [3.05, 3.63) is 62.9 Å². The van der Waals surface area contributed by atoms with Gasteiger partial charge in [-0.25, -0.2) is 0 Å². The lowest BCUT2D eigenvalue weighted by atomic mass is 10.3. The van der Waals surface area contributed by atoms with Crippen molar-refractivity contribution in [1.29, 1.82) is 0 Å². The van der Waals surface area contributed by atoms with Crippen LogP contribution in [0, 0.1) is 0 Å². The molecule has 0 radical (unpaired) electrons. The Morgan fingerprint density at radius 3 is 2.95 bits per heavy atom. The Kier molecular flexibility index (Phi) is 3.72. The van der Waals surface area contributed by atoms with Gasteiger partial charge in [0.1, 0.15) is 0 Å². The highest BCUT2D eigenvalue weighted by molar-refractivity contribution is 7.16. The van der Waals surface area contributed by atoms with E-state index in [4.69, 9.17) is 0 Å². The molecule has 6 heteroatoms. The fourth-order valence-corrected chi connectivity index (χ4v) is 3.61. The maximum Gasteiger partial charge on any atom is 0.308 e. The summed E-state index contributed by atoms with van der Waals surface area (Å²) in [5.41, 5.74) is 1.55. The average Bonchev–Trinajstić information content (AvgIpc) is 3.08. The van der Waals surface area contributed by atoms with E-state index >= 15 is 0 Å². The van der Waals surface area contributed by atoms with Crippen LogP contribution in [0.2, 0.25) is 0 Å². The van der Waals surface area contributed by atoms with E-state index in [0.29, 0.717) is 17.1 Å². The maximum atomic E-state index is 12.0. The predicted molar refractivity (Wildman–Crippen MR) is 88.6 cm³/mol. The number of allylic oxidation sites excluding steroid dienone is 1. The Morgan fingerprint density at radius 1 is 1.38 bits per heavy atom. The number of amides is 1. The number of benzene rings is 1. The van der Waals surface area contributed by atoms with Crippen LogP contribution in [0.3, 0.4) is 0 Å². The van der Waals surface area contributed by atoms with Crippen molar-refractivity contribution in [1.82, 2.24) is 4.57 Å². The van der Waals surface area contributed by atoms with E-state index in [-0.39, 0.29) is 10.8 Å². The number of aromatic nitrogens is 1. The van der Waals surface area contributed by atoms with E-state index in [1.54, 1.807) is 22.8 Å². The van der Waals surface area contributed by atoms with Gasteiger partial charge in [0.2, 0.25) is 0 Å². The van der Waals surface area contributed by atoms with Gasteiger partial charge in [0.15, 0.2) is 0 Å². The predicted octanol–water partition coefficient (Wildman–Crippen LogP) is 3.56. The molecular weight excluding hydrogens is 304 g/mol. The summed E-state index contributed by atoms with van der Waals surface area (Å²) in [7, 11) is 0. The summed E-state index contributed by atoms with van der Waals surface area (Å²) in [5.74, 6) is -0.137. The molecule has 21 heavy (non-hydrogen) atoms. The fraction of sp³-hybridized carbons (Fsp3) is 0.0667. The molecule has 0 saturated carbocycles. The van der Waals surface area contributed by atoms with Crippen molar-refractivity contribution in [2.75, 3.05) is 5.32 Å². The van der Waals surface area contributed by atoms with E-state index in [2.05, 4.69) is 11.9 Å². The topological polar surface area (TPSA) is 51.1 Å². The monoisotopic (exact) mass is 316 g/mol. The minimum atomic E-state index is -0.137. The number of thiophene rings is 1. The highest BCUT2D eigenvalue weighted by Crippen LogP contribution is 2.22. The van der Waals surface area contributed by atoms with Crippen molar-refractivity contribution >= 4 is 44.5 Å². The number of carbonyl (C=O) groups is 1. The van der Waals surface area contributed by atoms with E-state index < -0.39 is 0 Å². The summed E-state index contributed by atoms with van der Waals surface area (Å²) in [4.78, 5) is 24.5. The van der Waals surface area contributed by atoms with E-state index in [0.717, 1.165) is 10.2 Å². The number of rotatable bonds is 4. The third kappa shape index (κ3) is 2.68. The third-order valence-corrected chi connectivity index (χ3v) is 4.79. The van der Waals surface area contributed by atoms with Gasteiger partial charge in [-0.3, -0.25) is 14.2 Å². The zero-order valence-corrected chi connectivity index (χ0v) is 12.7. The van der Waals surface area contributed by atoms with Crippen molar-refractivity contribution < 1.29 is 4.79 Å². The number of anilines is 1. The van der Waals surface area contributed by atoms with Gasteiger partial charge in [0.05, 0.1) is 15.1 Å². The van der Waals surface area contributed by atoms with Gasteiger partial charge in [-0.1, -0.05) is 23.5 Å². The minimum Gasteiger partial charge on any atom is -0.321 e. The smallest absolute Gasteiger partial charge is 0.308 e. The Labute approximate surface area is 129 Å². The summed E-state index contributed by atoms with van der Waals surface area (Å²) >= 11 is 2.56. The molecule has 106 valence electrons. The van der Waals surface area contributed by atoms with E-state index in [1.807, 2.05) is 23.6 Å². The van der Waals surface area contributed by atoms with Crippen molar-refractivity contribution in [3.8, 4) is 0 Å². The van der Waals surface area contributed by atoms with Crippen LogP contribution in [0.25, 0.3) is 10.2 Å². The Morgan fingerprint density at radius 2 is 2.24 bits per heavy atom. The SMILES string of the molecule is C=CCn1c(=O)sc2cc(NC(=O)c3cccs3)ccc21. The first kappa shape index (κ1) is 13.8. The van der Waals surface area contributed by atoms with Crippen molar-refractivity contribution in [2.45, 2.75) is 6.54 Å². The van der Waals surface area contributed by atoms with E-state index in [1.165, 1.54) is 22.7 Å². The molecule has 0 atom stereocenters. The molecule has 0 fully saturated rings. The molecule has 0 unspecified atom stereocenters. The quantitative estimate of drug-likeness (QED) is 0.748. The number of hydrogen-bond acceptors (Lipinski definition) is 4. The van der Waals surface area contributed by atoms with Crippen LogP contribution in [-0.4, -0.2) is 10.5 Å². The van der Waals surface area contributed by atoms with Gasteiger partial charge in [-0.2, -0.15) is 0 Å². The van der Waals surface area contributed by atoms with Crippen LogP contribution in [-0.2, 0) is 6.54 Å². The molecule has 2 aromatic heterocycles. The van der Waals surface area contributed by atoms with E-state index in [9.17, 15) is 9.59 Å². The second kappa shape index (κ2) is 5.67. The van der Waals surface area contributed by atoms with Crippen LogP contribution in [0.5, 0.6) is 0 Å². The molecule has 0 spiro atoms. The molecule has 1 aromatic carbocycles. The molecule has 1 N–H and O–H groups in total. The molecule has 4 nitrogen and oxygen atoms in total. The third-order valence-electron chi connectivity index (χ3n) is 2.98. The van der Waals surface area contributed by atoms with Crippen LogP contribution in [0.1, 0.15) is 9.67 Å². The summed E-state index contributed by atoms with van der Waals surface area (Å²) in [6.07, 6.45) is 1.69. The summed E-state index contributed by atoms with van der Waals surface area (Å²) in [5, 5.41) is 4.70. The Balaban J connectivity index is 1.93. The molecule has 1 amide bonds. The molecule has 0 saturated heterocycles. The Bertz CT molecular complexity index is 860.